The fourth-order valence-electron chi connectivity index (χ4n) is 5.90. The third-order valence-corrected chi connectivity index (χ3v) is 8.71. The number of rotatable bonds is 5. The van der Waals surface area contributed by atoms with Crippen LogP contribution in [0.5, 0.6) is 0 Å². The molecule has 182 valence electrons. The van der Waals surface area contributed by atoms with E-state index in [9.17, 15) is 18.4 Å². The summed E-state index contributed by atoms with van der Waals surface area (Å²) in [7, 11) is 0. The summed E-state index contributed by atoms with van der Waals surface area (Å²) < 4.78 is 38.4. The Morgan fingerprint density at radius 1 is 1.21 bits per heavy atom. The van der Waals surface area contributed by atoms with Gasteiger partial charge in [-0.25, -0.2) is 9.97 Å². The predicted octanol–water partition coefficient (Wildman–Crippen LogP) is 5.07. The minimum Gasteiger partial charge on any atom is -0.367 e. The Hall–Kier alpha value is -2.25. The highest BCUT2D eigenvalue weighted by Crippen LogP contribution is 2.41. The first-order chi connectivity index (χ1) is 16.3. The van der Waals surface area contributed by atoms with Crippen molar-refractivity contribution in [2.45, 2.75) is 63.7 Å². The SMILES string of the molecule is CC1C(C#N)=NC2CCC(CN3CCC(Nc4ncnc5sc(CC(F)(F)F)cc45)CC3)CC21. The molecule has 1 aliphatic carbocycles. The molecule has 2 aromatic heterocycles. The van der Waals surface area contributed by atoms with Crippen molar-refractivity contribution in [1.29, 1.82) is 5.26 Å². The molecule has 0 bridgehead atoms. The minimum atomic E-state index is -4.23. The normalized spacial score (nSPS) is 28.5. The maximum absolute atomic E-state index is 12.8. The van der Waals surface area contributed by atoms with Crippen LogP contribution in [0.4, 0.5) is 19.0 Å². The van der Waals surface area contributed by atoms with E-state index in [1.807, 2.05) is 0 Å². The third-order valence-electron chi connectivity index (χ3n) is 7.66. The van der Waals surface area contributed by atoms with Gasteiger partial charge in [0.1, 0.15) is 28.8 Å². The largest absolute Gasteiger partial charge is 0.393 e. The summed E-state index contributed by atoms with van der Waals surface area (Å²) in [5.74, 6) is 2.09. The molecule has 2 aliphatic heterocycles. The number of nitrogens with zero attached hydrogens (tertiary/aromatic N) is 5. The standard InChI is InChI=1S/C24H29F3N6S/c1-14-18-8-15(2-3-20(18)32-21(14)11-28)12-33-6-4-16(5-7-33)31-22-19-9-17(10-24(25,26)27)34-23(19)30-13-29-22/h9,13-16,18,20H,2-8,10,12H2,1H3,(H,29,30,31). The van der Waals surface area contributed by atoms with Crippen molar-refractivity contribution in [3.05, 3.63) is 17.3 Å². The number of fused-ring (bicyclic) bond motifs is 2. The van der Waals surface area contributed by atoms with E-state index in [-0.39, 0.29) is 16.8 Å². The number of anilines is 1. The van der Waals surface area contributed by atoms with E-state index in [0.717, 1.165) is 62.4 Å². The van der Waals surface area contributed by atoms with Crippen LogP contribution in [0.2, 0.25) is 0 Å². The second-order valence-electron chi connectivity index (χ2n) is 9.99. The molecule has 10 heteroatoms. The number of nitriles is 1. The van der Waals surface area contributed by atoms with Gasteiger partial charge in [0.2, 0.25) is 0 Å². The van der Waals surface area contributed by atoms with Crippen molar-refractivity contribution in [1.82, 2.24) is 14.9 Å². The lowest BCUT2D eigenvalue weighted by Crippen LogP contribution is -2.43. The van der Waals surface area contributed by atoms with Crippen LogP contribution in [-0.4, -0.2) is 58.5 Å². The fraction of sp³-hybridized carbons (Fsp3) is 0.667. The monoisotopic (exact) mass is 490 g/mol. The van der Waals surface area contributed by atoms with E-state index in [4.69, 9.17) is 0 Å². The first kappa shape index (κ1) is 23.5. The van der Waals surface area contributed by atoms with E-state index in [1.165, 1.54) is 12.7 Å². The molecular formula is C24H29F3N6S. The van der Waals surface area contributed by atoms with E-state index >= 15 is 0 Å². The average Bonchev–Trinajstić information content (AvgIpc) is 3.34. The molecule has 0 amide bonds. The van der Waals surface area contributed by atoms with Gasteiger partial charge in [-0.05, 0) is 50.0 Å². The number of nitrogens with one attached hydrogen (secondary N) is 1. The summed E-state index contributed by atoms with van der Waals surface area (Å²) in [5, 5.41) is 13.4. The second-order valence-corrected chi connectivity index (χ2v) is 11.1. The molecule has 0 aromatic carbocycles. The van der Waals surface area contributed by atoms with Gasteiger partial charge in [0.15, 0.2) is 0 Å². The van der Waals surface area contributed by atoms with Gasteiger partial charge in [-0.3, -0.25) is 4.99 Å². The van der Waals surface area contributed by atoms with Gasteiger partial charge in [-0.2, -0.15) is 18.4 Å². The second kappa shape index (κ2) is 9.42. The molecule has 1 saturated carbocycles. The maximum Gasteiger partial charge on any atom is 0.393 e. The molecular weight excluding hydrogens is 461 g/mol. The number of hydrogen-bond acceptors (Lipinski definition) is 7. The molecule has 3 aliphatic rings. The van der Waals surface area contributed by atoms with E-state index < -0.39 is 12.6 Å². The summed E-state index contributed by atoms with van der Waals surface area (Å²) in [6, 6.07) is 4.45. The van der Waals surface area contributed by atoms with Gasteiger partial charge in [0, 0.05) is 36.5 Å². The van der Waals surface area contributed by atoms with Gasteiger partial charge in [0.05, 0.1) is 17.8 Å². The average molecular weight is 491 g/mol. The van der Waals surface area contributed by atoms with Crippen molar-refractivity contribution in [2.75, 3.05) is 25.0 Å². The van der Waals surface area contributed by atoms with Gasteiger partial charge in [0.25, 0.3) is 0 Å². The molecule has 1 N–H and O–H groups in total. The van der Waals surface area contributed by atoms with Crippen LogP contribution < -0.4 is 5.32 Å². The number of thiophene rings is 1. The summed E-state index contributed by atoms with van der Waals surface area (Å²) in [6.07, 6.45) is 1.62. The van der Waals surface area contributed by atoms with Crippen LogP contribution in [-0.2, 0) is 6.42 Å². The van der Waals surface area contributed by atoms with Crippen LogP contribution >= 0.6 is 11.3 Å². The van der Waals surface area contributed by atoms with Gasteiger partial charge in [-0.1, -0.05) is 6.92 Å². The zero-order valence-corrected chi connectivity index (χ0v) is 20.0. The van der Waals surface area contributed by atoms with E-state index in [2.05, 4.69) is 38.2 Å². The van der Waals surface area contributed by atoms with Crippen LogP contribution in [0.15, 0.2) is 17.4 Å². The number of aromatic nitrogens is 2. The molecule has 4 atom stereocenters. The Labute approximate surface area is 201 Å². The van der Waals surface area contributed by atoms with Crippen LogP contribution in [0.25, 0.3) is 10.2 Å². The quantitative estimate of drug-likeness (QED) is 0.633. The Morgan fingerprint density at radius 2 is 2.00 bits per heavy atom. The summed E-state index contributed by atoms with van der Waals surface area (Å²) in [6.45, 7) is 5.23. The smallest absolute Gasteiger partial charge is 0.367 e. The molecule has 0 radical (unpaired) electrons. The molecule has 6 nitrogen and oxygen atoms in total. The van der Waals surface area contributed by atoms with Crippen LogP contribution in [0.1, 0.15) is 43.9 Å². The fourth-order valence-corrected chi connectivity index (χ4v) is 6.92. The molecule has 0 spiro atoms. The van der Waals surface area contributed by atoms with Gasteiger partial charge < -0.3 is 10.2 Å². The highest BCUT2D eigenvalue weighted by molar-refractivity contribution is 7.18. The molecule has 34 heavy (non-hydrogen) atoms. The Morgan fingerprint density at radius 3 is 2.74 bits per heavy atom. The van der Waals surface area contributed by atoms with Crippen molar-refractivity contribution in [3.63, 3.8) is 0 Å². The number of hydrogen-bond donors (Lipinski definition) is 1. The first-order valence-electron chi connectivity index (χ1n) is 12.1. The number of halogens is 3. The van der Waals surface area contributed by atoms with Crippen LogP contribution in [0, 0.1) is 29.1 Å². The Balaban J connectivity index is 1.14. The van der Waals surface area contributed by atoms with Crippen molar-refractivity contribution in [2.24, 2.45) is 22.7 Å². The lowest BCUT2D eigenvalue weighted by atomic mass is 9.73. The van der Waals surface area contributed by atoms with Crippen molar-refractivity contribution in [3.8, 4) is 6.07 Å². The zero-order valence-electron chi connectivity index (χ0n) is 19.2. The van der Waals surface area contributed by atoms with Crippen molar-refractivity contribution < 1.29 is 13.2 Å². The lowest BCUT2D eigenvalue weighted by molar-refractivity contribution is -0.126. The highest BCUT2D eigenvalue weighted by Gasteiger charge is 2.41. The highest BCUT2D eigenvalue weighted by atomic mass is 32.1. The van der Waals surface area contributed by atoms with E-state index in [1.54, 1.807) is 6.07 Å². The number of aliphatic imine (C=N–C) groups is 1. The van der Waals surface area contributed by atoms with Gasteiger partial charge >= 0.3 is 6.18 Å². The molecule has 2 fully saturated rings. The lowest BCUT2D eigenvalue weighted by Gasteiger charge is -2.38. The predicted molar refractivity (Wildman–Crippen MR) is 127 cm³/mol. The van der Waals surface area contributed by atoms with Crippen LogP contribution in [0.3, 0.4) is 0 Å². The molecule has 4 unspecified atom stereocenters. The van der Waals surface area contributed by atoms with Gasteiger partial charge in [-0.15, -0.1) is 11.3 Å². The number of alkyl halides is 3. The summed E-state index contributed by atoms with van der Waals surface area (Å²) in [5.41, 5.74) is 0.734. The molecule has 2 aromatic rings. The summed E-state index contributed by atoms with van der Waals surface area (Å²) in [4.78, 5) is 16.5. The molecule has 1 saturated heterocycles. The zero-order chi connectivity index (χ0) is 23.9. The first-order valence-corrected chi connectivity index (χ1v) is 12.9. The number of likely N-dealkylation sites (tertiary alicyclic amines) is 1. The number of piperidine rings is 1. The van der Waals surface area contributed by atoms with E-state index in [0.29, 0.717) is 33.9 Å². The molecule has 5 rings (SSSR count). The van der Waals surface area contributed by atoms with Crippen molar-refractivity contribution >= 4 is 33.1 Å². The minimum absolute atomic E-state index is 0.248. The summed E-state index contributed by atoms with van der Waals surface area (Å²) >= 11 is 1.08. The Bertz CT molecular complexity index is 1100. The molecule has 4 heterocycles. The third kappa shape index (κ3) is 5.05. The maximum atomic E-state index is 12.8. The Kier molecular flexibility index (Phi) is 6.51. The topological polar surface area (TPSA) is 77.2 Å².